The molecule has 3 N–H and O–H groups in total. The van der Waals surface area contributed by atoms with Crippen LogP contribution in [-0.4, -0.2) is 20.9 Å². The van der Waals surface area contributed by atoms with E-state index >= 15 is 0 Å². The largest absolute Gasteiger partial charge is 0.507 e. The molecule has 0 aliphatic rings. The van der Waals surface area contributed by atoms with E-state index in [1.807, 2.05) is 0 Å². The molecule has 0 bridgehead atoms. The lowest BCUT2D eigenvalue weighted by molar-refractivity contribution is 0.219. The van der Waals surface area contributed by atoms with Crippen LogP contribution in [0.15, 0.2) is 72.6 Å². The maximum atomic E-state index is 14.2. The summed E-state index contributed by atoms with van der Waals surface area (Å²) in [6, 6.07) is 12.0. The number of nitrogens with zero attached hydrogens (tertiary/aromatic N) is 1. The smallest absolute Gasteiger partial charge is 0.137 e. The molecule has 4 nitrogen and oxygen atoms in total. The fourth-order valence-electron chi connectivity index (χ4n) is 2.69. The summed E-state index contributed by atoms with van der Waals surface area (Å²) >= 11 is 5.87. The molecule has 142 valence electrons. The molecule has 1 unspecified atom stereocenters. The van der Waals surface area contributed by atoms with Crippen LogP contribution in [-0.2, 0) is 0 Å². The van der Waals surface area contributed by atoms with Gasteiger partial charge in [-0.05, 0) is 30.3 Å². The lowest BCUT2D eigenvalue weighted by atomic mass is 9.91. The number of nitrogens with one attached hydrogen (secondary N) is 1. The Bertz CT molecular complexity index is 1040. The standard InChI is InChI=1S/C21H15ClF2N2O2/c22-14-5-3-12(4-6-14)19(25)18(20(27)13-2-1-9-26-11-13)21(28)16-8-7-15(23)10-17(16)24/h1-11,20,25,27-28H/b21-18+,25-19?. The van der Waals surface area contributed by atoms with Gasteiger partial charge in [0.05, 0.1) is 16.8 Å². The van der Waals surface area contributed by atoms with E-state index in [1.165, 1.54) is 24.5 Å². The van der Waals surface area contributed by atoms with E-state index in [1.54, 1.807) is 24.3 Å². The molecule has 1 heterocycles. The van der Waals surface area contributed by atoms with Gasteiger partial charge in [0.2, 0.25) is 0 Å². The van der Waals surface area contributed by atoms with Gasteiger partial charge in [0.25, 0.3) is 0 Å². The van der Waals surface area contributed by atoms with Gasteiger partial charge >= 0.3 is 0 Å². The molecule has 0 saturated heterocycles. The number of benzene rings is 2. The molecule has 0 radical (unpaired) electrons. The third-order valence-corrected chi connectivity index (χ3v) is 4.37. The number of rotatable bonds is 5. The van der Waals surface area contributed by atoms with Gasteiger partial charge in [-0.1, -0.05) is 29.8 Å². The zero-order valence-electron chi connectivity index (χ0n) is 14.4. The Kier molecular flexibility index (Phi) is 5.82. The molecular weight excluding hydrogens is 386 g/mol. The number of hydrogen-bond acceptors (Lipinski definition) is 4. The van der Waals surface area contributed by atoms with Crippen molar-refractivity contribution >= 4 is 23.1 Å². The van der Waals surface area contributed by atoms with E-state index in [-0.39, 0.29) is 16.8 Å². The van der Waals surface area contributed by atoms with Crippen molar-refractivity contribution in [2.24, 2.45) is 0 Å². The summed E-state index contributed by atoms with van der Waals surface area (Å²) in [7, 11) is 0. The van der Waals surface area contributed by atoms with Gasteiger partial charge in [-0.15, -0.1) is 0 Å². The third-order valence-electron chi connectivity index (χ3n) is 4.12. The molecule has 2 aromatic carbocycles. The zero-order chi connectivity index (χ0) is 20.3. The summed E-state index contributed by atoms with van der Waals surface area (Å²) in [5.74, 6) is -2.50. The molecular formula is C21H15ClF2N2O2. The predicted octanol–water partition coefficient (Wildman–Crippen LogP) is 5.08. The highest BCUT2D eigenvalue weighted by atomic mass is 35.5. The first-order valence-corrected chi connectivity index (χ1v) is 8.57. The van der Waals surface area contributed by atoms with Crippen molar-refractivity contribution in [1.82, 2.24) is 4.98 Å². The molecule has 1 atom stereocenters. The second kappa shape index (κ2) is 8.29. The summed E-state index contributed by atoms with van der Waals surface area (Å²) in [5, 5.41) is 30.5. The SMILES string of the molecule is N=C(/C(=C(\O)c1ccc(F)cc1F)C(O)c1cccnc1)c1ccc(Cl)cc1. The first-order chi connectivity index (χ1) is 13.4. The zero-order valence-corrected chi connectivity index (χ0v) is 15.2. The maximum Gasteiger partial charge on any atom is 0.137 e. The van der Waals surface area contributed by atoms with Crippen LogP contribution >= 0.6 is 11.6 Å². The molecule has 1 aromatic heterocycles. The molecule has 7 heteroatoms. The Morgan fingerprint density at radius 3 is 2.39 bits per heavy atom. The summed E-state index contributed by atoms with van der Waals surface area (Å²) in [6.45, 7) is 0. The molecule has 3 rings (SSSR count). The van der Waals surface area contributed by atoms with Gasteiger partial charge in [0.1, 0.15) is 23.5 Å². The van der Waals surface area contributed by atoms with E-state index in [0.717, 1.165) is 12.1 Å². The van der Waals surface area contributed by atoms with Crippen LogP contribution in [0.2, 0.25) is 5.02 Å². The second-order valence-electron chi connectivity index (χ2n) is 5.96. The van der Waals surface area contributed by atoms with E-state index in [2.05, 4.69) is 4.98 Å². The molecule has 0 saturated carbocycles. The third kappa shape index (κ3) is 4.08. The van der Waals surface area contributed by atoms with Crippen LogP contribution in [0.25, 0.3) is 5.76 Å². The topological polar surface area (TPSA) is 77.2 Å². The van der Waals surface area contributed by atoms with E-state index in [0.29, 0.717) is 22.2 Å². The monoisotopic (exact) mass is 400 g/mol. The Morgan fingerprint density at radius 2 is 1.79 bits per heavy atom. The molecule has 28 heavy (non-hydrogen) atoms. The van der Waals surface area contributed by atoms with Crippen LogP contribution in [0.1, 0.15) is 22.8 Å². The number of halogens is 3. The minimum Gasteiger partial charge on any atom is -0.507 e. The maximum absolute atomic E-state index is 14.2. The number of hydrogen-bond donors (Lipinski definition) is 3. The van der Waals surface area contributed by atoms with Crippen LogP contribution in [0.3, 0.4) is 0 Å². The predicted molar refractivity (Wildman–Crippen MR) is 103 cm³/mol. The highest BCUT2D eigenvalue weighted by Gasteiger charge is 2.26. The number of aromatic nitrogens is 1. The average molecular weight is 401 g/mol. The minimum absolute atomic E-state index is 0.241. The summed E-state index contributed by atoms with van der Waals surface area (Å²) < 4.78 is 27.5. The van der Waals surface area contributed by atoms with Crippen LogP contribution in [0.5, 0.6) is 0 Å². The lowest BCUT2D eigenvalue weighted by Crippen LogP contribution is -2.15. The van der Waals surface area contributed by atoms with Crippen molar-refractivity contribution in [3.05, 3.63) is 106 Å². The van der Waals surface area contributed by atoms with Gasteiger partial charge in [0.15, 0.2) is 0 Å². The normalized spacial score (nSPS) is 13.0. The number of pyridine rings is 1. The molecule has 0 aliphatic carbocycles. The van der Waals surface area contributed by atoms with E-state index < -0.39 is 23.5 Å². The van der Waals surface area contributed by atoms with Crippen molar-refractivity contribution in [3.63, 3.8) is 0 Å². The molecule has 0 fully saturated rings. The van der Waals surface area contributed by atoms with Crippen LogP contribution in [0.4, 0.5) is 8.78 Å². The molecule has 0 amide bonds. The quantitative estimate of drug-likeness (QED) is 0.412. The van der Waals surface area contributed by atoms with Gasteiger partial charge in [-0.3, -0.25) is 10.4 Å². The highest BCUT2D eigenvalue weighted by molar-refractivity contribution is 6.30. The van der Waals surface area contributed by atoms with Gasteiger partial charge in [-0.2, -0.15) is 0 Å². The fraction of sp³-hybridized carbons (Fsp3) is 0.0476. The summed E-state index contributed by atoms with van der Waals surface area (Å²) in [4.78, 5) is 3.92. The minimum atomic E-state index is -1.47. The van der Waals surface area contributed by atoms with Crippen molar-refractivity contribution in [3.8, 4) is 0 Å². The van der Waals surface area contributed by atoms with Crippen molar-refractivity contribution in [1.29, 1.82) is 5.41 Å². The highest BCUT2D eigenvalue weighted by Crippen LogP contribution is 2.31. The van der Waals surface area contributed by atoms with Crippen molar-refractivity contribution < 1.29 is 19.0 Å². The van der Waals surface area contributed by atoms with Gasteiger partial charge < -0.3 is 10.2 Å². The fourth-order valence-corrected chi connectivity index (χ4v) is 2.81. The first-order valence-electron chi connectivity index (χ1n) is 8.20. The second-order valence-corrected chi connectivity index (χ2v) is 6.39. The molecule has 3 aromatic rings. The lowest BCUT2D eigenvalue weighted by Gasteiger charge is -2.19. The Balaban J connectivity index is 2.18. The number of aliphatic hydroxyl groups excluding tert-OH is 2. The van der Waals surface area contributed by atoms with Crippen LogP contribution in [0, 0.1) is 17.0 Å². The van der Waals surface area contributed by atoms with Gasteiger partial charge in [0, 0.05) is 34.6 Å². The summed E-state index contributed by atoms with van der Waals surface area (Å²) in [5.41, 5.74) is -0.185. The van der Waals surface area contributed by atoms with Crippen LogP contribution < -0.4 is 0 Å². The number of aliphatic hydroxyl groups is 2. The Hall–Kier alpha value is -3.09. The molecule has 0 spiro atoms. The van der Waals surface area contributed by atoms with Crippen molar-refractivity contribution in [2.75, 3.05) is 0 Å². The first kappa shape index (κ1) is 19.7. The Morgan fingerprint density at radius 1 is 1.07 bits per heavy atom. The average Bonchev–Trinajstić information content (AvgIpc) is 2.69. The van der Waals surface area contributed by atoms with Gasteiger partial charge in [-0.25, -0.2) is 8.78 Å². The van der Waals surface area contributed by atoms with E-state index in [9.17, 15) is 19.0 Å². The Labute approximate surface area is 164 Å². The molecule has 0 aliphatic heterocycles. The van der Waals surface area contributed by atoms with Crippen molar-refractivity contribution in [2.45, 2.75) is 6.10 Å². The summed E-state index contributed by atoms with van der Waals surface area (Å²) in [6.07, 6.45) is 1.40. The van der Waals surface area contributed by atoms with E-state index in [4.69, 9.17) is 17.0 Å².